The summed E-state index contributed by atoms with van der Waals surface area (Å²) in [5.74, 6) is 0.0884. The van der Waals surface area contributed by atoms with Gasteiger partial charge in [-0.25, -0.2) is 13.1 Å². The van der Waals surface area contributed by atoms with Crippen LogP contribution < -0.4 is 10.5 Å². The van der Waals surface area contributed by atoms with Gasteiger partial charge in [0.05, 0.1) is 15.6 Å². The van der Waals surface area contributed by atoms with Gasteiger partial charge in [0.1, 0.15) is 0 Å². The Morgan fingerprint density at radius 3 is 2.63 bits per heavy atom. The summed E-state index contributed by atoms with van der Waals surface area (Å²) >= 11 is 5.91. The lowest BCUT2D eigenvalue weighted by atomic mass is 10.2. The van der Waals surface area contributed by atoms with Crippen LogP contribution in [0.4, 0.5) is 5.69 Å². The lowest BCUT2D eigenvalue weighted by Gasteiger charge is -2.13. The summed E-state index contributed by atoms with van der Waals surface area (Å²) in [5, 5.41) is 0.381. The molecule has 3 N–H and O–H groups in total. The van der Waals surface area contributed by atoms with Gasteiger partial charge in [-0.1, -0.05) is 18.5 Å². The van der Waals surface area contributed by atoms with Crippen molar-refractivity contribution < 1.29 is 13.2 Å². The van der Waals surface area contributed by atoms with Crippen LogP contribution in [0.1, 0.15) is 12.5 Å². The van der Waals surface area contributed by atoms with Crippen LogP contribution in [-0.4, -0.2) is 28.7 Å². The van der Waals surface area contributed by atoms with Crippen LogP contribution in [-0.2, 0) is 14.8 Å². The van der Waals surface area contributed by atoms with E-state index in [0.717, 1.165) is 0 Å². The van der Waals surface area contributed by atoms with E-state index in [1.165, 1.54) is 12.1 Å². The lowest BCUT2D eigenvalue weighted by molar-refractivity contribution is 0.161. The van der Waals surface area contributed by atoms with E-state index in [2.05, 4.69) is 4.72 Å². The monoisotopic (exact) mass is 306 g/mol. The predicted molar refractivity (Wildman–Crippen MR) is 76.8 cm³/mol. The smallest absolute Gasteiger partial charge is 0.240 e. The van der Waals surface area contributed by atoms with Gasteiger partial charge in [-0.2, -0.15) is 0 Å². The fraction of sp³-hybridized carbons (Fsp3) is 0.500. The molecule has 0 aliphatic heterocycles. The van der Waals surface area contributed by atoms with E-state index in [0.29, 0.717) is 23.7 Å². The molecule has 0 amide bonds. The summed E-state index contributed by atoms with van der Waals surface area (Å²) in [5.41, 5.74) is 6.57. The van der Waals surface area contributed by atoms with Crippen LogP contribution in [0.25, 0.3) is 0 Å². The van der Waals surface area contributed by atoms with Crippen molar-refractivity contribution in [3.8, 4) is 0 Å². The molecule has 1 aromatic carbocycles. The van der Waals surface area contributed by atoms with Crippen LogP contribution in [0.15, 0.2) is 17.0 Å². The topological polar surface area (TPSA) is 81.4 Å². The maximum Gasteiger partial charge on any atom is 0.240 e. The molecule has 1 rings (SSSR count). The van der Waals surface area contributed by atoms with Gasteiger partial charge >= 0.3 is 0 Å². The van der Waals surface area contributed by atoms with Gasteiger partial charge < -0.3 is 10.5 Å². The van der Waals surface area contributed by atoms with Gasteiger partial charge in [0.25, 0.3) is 0 Å². The van der Waals surface area contributed by atoms with Crippen molar-refractivity contribution in [2.24, 2.45) is 5.92 Å². The Labute approximate surface area is 119 Å². The third kappa shape index (κ3) is 4.35. The Hall–Kier alpha value is -0.820. The molecule has 7 heteroatoms. The zero-order chi connectivity index (χ0) is 14.6. The average molecular weight is 307 g/mol. The number of hydrogen-bond acceptors (Lipinski definition) is 4. The maximum atomic E-state index is 12.1. The molecule has 0 radical (unpaired) electrons. The molecule has 0 aliphatic rings. The first kappa shape index (κ1) is 16.2. The largest absolute Gasteiger partial charge is 0.397 e. The quantitative estimate of drug-likeness (QED) is 0.785. The Balaban J connectivity index is 2.89. The molecule has 108 valence electrons. The molecule has 0 spiro atoms. The van der Waals surface area contributed by atoms with Crippen LogP contribution in [0.2, 0.25) is 5.02 Å². The van der Waals surface area contributed by atoms with Crippen LogP contribution in [0.3, 0.4) is 0 Å². The number of methoxy groups -OCH3 is 1. The van der Waals surface area contributed by atoms with Gasteiger partial charge in [0.15, 0.2) is 0 Å². The highest BCUT2D eigenvalue weighted by molar-refractivity contribution is 7.89. The van der Waals surface area contributed by atoms with Crippen LogP contribution in [0, 0.1) is 12.8 Å². The predicted octanol–water partition coefficient (Wildman–Crippen LogP) is 1.79. The fourth-order valence-corrected chi connectivity index (χ4v) is 2.99. The fourth-order valence-electron chi connectivity index (χ4n) is 1.60. The molecule has 0 heterocycles. The molecule has 1 atom stereocenters. The third-order valence-corrected chi connectivity index (χ3v) is 4.56. The molecule has 0 aromatic heterocycles. The van der Waals surface area contributed by atoms with Gasteiger partial charge in [0.2, 0.25) is 10.0 Å². The number of nitrogens with two attached hydrogens (primary N) is 1. The molecular formula is C12H19ClN2O3S. The van der Waals surface area contributed by atoms with Gasteiger partial charge in [0, 0.05) is 20.3 Å². The number of nitrogens with one attached hydrogen (secondary N) is 1. The Morgan fingerprint density at radius 1 is 1.47 bits per heavy atom. The first-order chi connectivity index (χ1) is 8.77. The van der Waals surface area contributed by atoms with E-state index in [1.807, 2.05) is 6.92 Å². The number of hydrogen-bond donors (Lipinski definition) is 2. The normalized spacial score (nSPS) is 13.5. The van der Waals surface area contributed by atoms with E-state index in [1.54, 1.807) is 14.0 Å². The minimum absolute atomic E-state index is 0.0884. The number of anilines is 1. The Bertz CT molecular complexity index is 523. The molecule has 0 saturated carbocycles. The highest BCUT2D eigenvalue weighted by Gasteiger charge is 2.17. The van der Waals surface area contributed by atoms with Crippen LogP contribution in [0.5, 0.6) is 0 Å². The zero-order valence-electron chi connectivity index (χ0n) is 11.2. The molecule has 0 aliphatic carbocycles. The number of sulfonamides is 1. The number of halogens is 1. The highest BCUT2D eigenvalue weighted by Crippen LogP contribution is 2.26. The van der Waals surface area contributed by atoms with E-state index in [-0.39, 0.29) is 16.5 Å². The summed E-state index contributed by atoms with van der Waals surface area (Å²) in [4.78, 5) is 0.122. The highest BCUT2D eigenvalue weighted by atomic mass is 35.5. The number of aryl methyl sites for hydroxylation is 1. The van der Waals surface area contributed by atoms with Crippen molar-refractivity contribution in [1.82, 2.24) is 4.72 Å². The summed E-state index contributed by atoms with van der Waals surface area (Å²) in [6.45, 7) is 4.40. The first-order valence-electron chi connectivity index (χ1n) is 5.82. The molecule has 1 aromatic rings. The first-order valence-corrected chi connectivity index (χ1v) is 7.68. The Morgan fingerprint density at radius 2 is 2.11 bits per heavy atom. The van der Waals surface area contributed by atoms with Crippen LogP contribution >= 0.6 is 11.6 Å². The van der Waals surface area contributed by atoms with Crippen molar-refractivity contribution >= 4 is 27.3 Å². The molecular weight excluding hydrogens is 288 g/mol. The van der Waals surface area contributed by atoms with Crippen molar-refractivity contribution in [3.63, 3.8) is 0 Å². The standard InChI is InChI=1S/C12H19ClN2O3S/c1-8(7-18-3)6-15-19(16,17)10-4-9(2)12(13)11(14)5-10/h4-5,8,15H,6-7,14H2,1-3H3. The second-order valence-corrected chi connectivity index (χ2v) is 6.70. The van der Waals surface area contributed by atoms with E-state index < -0.39 is 10.0 Å². The van der Waals surface area contributed by atoms with Gasteiger partial charge in [-0.3, -0.25) is 0 Å². The second kappa shape index (κ2) is 6.56. The second-order valence-electron chi connectivity index (χ2n) is 4.56. The van der Waals surface area contributed by atoms with Crippen molar-refractivity contribution in [1.29, 1.82) is 0 Å². The van der Waals surface area contributed by atoms with E-state index in [9.17, 15) is 8.42 Å². The summed E-state index contributed by atoms with van der Waals surface area (Å²) in [7, 11) is -2.00. The summed E-state index contributed by atoms with van der Waals surface area (Å²) < 4.78 is 31.7. The maximum absolute atomic E-state index is 12.1. The van der Waals surface area contributed by atoms with E-state index >= 15 is 0 Å². The number of ether oxygens (including phenoxy) is 1. The number of rotatable bonds is 6. The van der Waals surface area contributed by atoms with Gasteiger partial charge in [-0.05, 0) is 30.5 Å². The molecule has 5 nitrogen and oxygen atoms in total. The Kier molecular flexibility index (Phi) is 5.61. The minimum atomic E-state index is -3.58. The lowest BCUT2D eigenvalue weighted by Crippen LogP contribution is -2.30. The number of nitrogen functional groups attached to an aromatic ring is 1. The minimum Gasteiger partial charge on any atom is -0.397 e. The summed E-state index contributed by atoms with van der Waals surface area (Å²) in [6, 6.07) is 2.86. The SMILES string of the molecule is COCC(C)CNS(=O)(=O)c1cc(C)c(Cl)c(N)c1. The average Bonchev–Trinajstić information content (AvgIpc) is 2.33. The van der Waals surface area contributed by atoms with Gasteiger partial charge in [-0.15, -0.1) is 0 Å². The molecule has 19 heavy (non-hydrogen) atoms. The third-order valence-electron chi connectivity index (χ3n) is 2.64. The zero-order valence-corrected chi connectivity index (χ0v) is 12.8. The van der Waals surface area contributed by atoms with Crippen molar-refractivity contribution in [2.75, 3.05) is 26.0 Å². The number of benzene rings is 1. The molecule has 0 fully saturated rings. The van der Waals surface area contributed by atoms with Crippen molar-refractivity contribution in [3.05, 3.63) is 22.7 Å². The summed E-state index contributed by atoms with van der Waals surface area (Å²) in [6.07, 6.45) is 0. The van der Waals surface area contributed by atoms with E-state index in [4.69, 9.17) is 22.1 Å². The molecule has 0 saturated heterocycles. The van der Waals surface area contributed by atoms with Crippen molar-refractivity contribution in [2.45, 2.75) is 18.7 Å². The molecule has 0 bridgehead atoms. The molecule has 1 unspecified atom stereocenters.